The molecule has 1 aliphatic rings. The molecule has 0 spiro atoms. The number of amides is 1. The molecule has 1 amide bonds. The fourth-order valence-electron chi connectivity index (χ4n) is 2.67. The van der Waals surface area contributed by atoms with Gasteiger partial charge in [-0.05, 0) is 39.5 Å². The summed E-state index contributed by atoms with van der Waals surface area (Å²) in [6, 6.07) is 0. The zero-order valence-corrected chi connectivity index (χ0v) is 13.9. The van der Waals surface area contributed by atoms with Crippen LogP contribution >= 0.6 is 0 Å². The molecule has 1 N–H and O–H groups in total. The van der Waals surface area contributed by atoms with E-state index in [9.17, 15) is 14.7 Å². The largest absolute Gasteiger partial charge is 0.444 e. The van der Waals surface area contributed by atoms with Gasteiger partial charge in [-0.15, -0.1) is 0 Å². The maximum absolute atomic E-state index is 12.0. The predicted molar refractivity (Wildman–Crippen MR) is 81.0 cm³/mol. The highest BCUT2D eigenvalue weighted by Gasteiger charge is 2.33. The normalized spacial score (nSPS) is 20.0. The van der Waals surface area contributed by atoms with Crippen molar-refractivity contribution in [3.05, 3.63) is 0 Å². The number of hydrogen-bond donors (Lipinski definition) is 1. The topological polar surface area (TPSA) is 66.8 Å². The number of rotatable bonds is 4. The van der Waals surface area contributed by atoms with Crippen molar-refractivity contribution in [2.24, 2.45) is 11.8 Å². The number of carbonyl (C=O) groups is 2. The van der Waals surface area contributed by atoms with E-state index in [1.54, 1.807) is 11.8 Å². The van der Waals surface area contributed by atoms with Gasteiger partial charge >= 0.3 is 6.09 Å². The second-order valence-electron chi connectivity index (χ2n) is 6.90. The van der Waals surface area contributed by atoms with Gasteiger partial charge in [0.25, 0.3) is 0 Å². The van der Waals surface area contributed by atoms with E-state index >= 15 is 0 Å². The second kappa shape index (κ2) is 7.25. The van der Waals surface area contributed by atoms with Crippen molar-refractivity contribution in [2.45, 2.75) is 65.6 Å². The molecule has 5 nitrogen and oxygen atoms in total. The van der Waals surface area contributed by atoms with Crippen molar-refractivity contribution < 1.29 is 19.4 Å². The third-order valence-corrected chi connectivity index (χ3v) is 4.04. The molecule has 1 heterocycles. The maximum Gasteiger partial charge on any atom is 0.410 e. The average Bonchev–Trinajstić information content (AvgIpc) is 2.43. The van der Waals surface area contributed by atoms with E-state index in [1.165, 1.54) is 0 Å². The Morgan fingerprint density at radius 1 is 1.29 bits per heavy atom. The van der Waals surface area contributed by atoms with Gasteiger partial charge in [0.05, 0.1) is 6.10 Å². The number of ether oxygens (including phenoxy) is 1. The van der Waals surface area contributed by atoms with Crippen molar-refractivity contribution in [3.8, 4) is 0 Å². The van der Waals surface area contributed by atoms with Crippen LogP contribution in [0.15, 0.2) is 0 Å². The number of Topliss-reactive ketones (excluding diaryl/α,β-unsaturated/α-hetero) is 1. The standard InChI is InChI=1S/C16H29NO4/c1-6-13(18)11(2)14(19)12-7-9-17(10-8-12)15(20)21-16(3,4)5/h11-12,14,19H,6-10H2,1-5H3/t11-,14-/m0/s1. The van der Waals surface area contributed by atoms with Crippen molar-refractivity contribution in [3.63, 3.8) is 0 Å². The van der Waals surface area contributed by atoms with Gasteiger partial charge in [-0.1, -0.05) is 13.8 Å². The lowest BCUT2D eigenvalue weighted by molar-refractivity contribution is -0.127. The van der Waals surface area contributed by atoms with Crippen LogP contribution in [0.1, 0.15) is 53.9 Å². The molecule has 0 saturated carbocycles. The van der Waals surface area contributed by atoms with Crippen LogP contribution in [0.25, 0.3) is 0 Å². The number of carbonyl (C=O) groups excluding carboxylic acids is 2. The van der Waals surface area contributed by atoms with Crippen LogP contribution in [0.2, 0.25) is 0 Å². The molecular formula is C16H29NO4. The van der Waals surface area contributed by atoms with E-state index in [4.69, 9.17) is 4.74 Å². The molecule has 0 aromatic rings. The Balaban J connectivity index is 2.48. The summed E-state index contributed by atoms with van der Waals surface area (Å²) in [5.41, 5.74) is -0.491. The average molecular weight is 299 g/mol. The quantitative estimate of drug-likeness (QED) is 0.866. The predicted octanol–water partition coefficient (Wildman–Crippen LogP) is 2.61. The minimum Gasteiger partial charge on any atom is -0.444 e. The number of hydrogen-bond acceptors (Lipinski definition) is 4. The Labute approximate surface area is 127 Å². The zero-order chi connectivity index (χ0) is 16.2. The highest BCUT2D eigenvalue weighted by atomic mass is 16.6. The lowest BCUT2D eigenvalue weighted by atomic mass is 9.83. The third-order valence-electron chi connectivity index (χ3n) is 4.04. The first-order chi connectivity index (χ1) is 9.65. The van der Waals surface area contributed by atoms with Crippen LogP contribution in [0.3, 0.4) is 0 Å². The Morgan fingerprint density at radius 2 is 1.81 bits per heavy atom. The molecule has 0 aliphatic carbocycles. The lowest BCUT2D eigenvalue weighted by Crippen LogP contribution is -2.45. The van der Waals surface area contributed by atoms with Crippen molar-refractivity contribution in [1.29, 1.82) is 0 Å². The van der Waals surface area contributed by atoms with E-state index in [1.807, 2.05) is 27.7 Å². The molecule has 0 unspecified atom stereocenters. The number of aliphatic hydroxyl groups is 1. The summed E-state index contributed by atoms with van der Waals surface area (Å²) in [6.45, 7) is 10.3. The first-order valence-electron chi connectivity index (χ1n) is 7.84. The van der Waals surface area contributed by atoms with E-state index in [2.05, 4.69) is 0 Å². The zero-order valence-electron chi connectivity index (χ0n) is 13.9. The molecule has 0 radical (unpaired) electrons. The van der Waals surface area contributed by atoms with Gasteiger partial charge in [0.15, 0.2) is 0 Å². The van der Waals surface area contributed by atoms with E-state index in [0.717, 1.165) is 0 Å². The highest BCUT2D eigenvalue weighted by molar-refractivity contribution is 5.80. The first kappa shape index (κ1) is 18.0. The number of piperidine rings is 1. The van der Waals surface area contributed by atoms with E-state index < -0.39 is 11.7 Å². The molecule has 0 aromatic carbocycles. The summed E-state index contributed by atoms with van der Waals surface area (Å²) in [5.74, 6) is -0.153. The van der Waals surface area contributed by atoms with Crippen LogP contribution in [0.5, 0.6) is 0 Å². The Bertz CT molecular complexity index is 367. The van der Waals surface area contributed by atoms with Gasteiger partial charge in [-0.2, -0.15) is 0 Å². The van der Waals surface area contributed by atoms with Gasteiger partial charge in [0.2, 0.25) is 0 Å². The molecule has 1 saturated heterocycles. The van der Waals surface area contributed by atoms with Gasteiger partial charge in [0.1, 0.15) is 11.4 Å². The first-order valence-corrected chi connectivity index (χ1v) is 7.84. The molecule has 1 fully saturated rings. The Hall–Kier alpha value is -1.10. The summed E-state index contributed by atoms with van der Waals surface area (Å²) >= 11 is 0. The summed E-state index contributed by atoms with van der Waals surface area (Å²) < 4.78 is 5.35. The molecule has 1 aliphatic heterocycles. The minimum absolute atomic E-state index is 0.0780. The van der Waals surface area contributed by atoms with Crippen LogP contribution in [-0.2, 0) is 9.53 Å². The van der Waals surface area contributed by atoms with Gasteiger partial charge < -0.3 is 14.7 Å². The van der Waals surface area contributed by atoms with Gasteiger partial charge in [-0.3, -0.25) is 4.79 Å². The molecular weight excluding hydrogens is 270 g/mol. The molecule has 21 heavy (non-hydrogen) atoms. The lowest BCUT2D eigenvalue weighted by Gasteiger charge is -2.36. The minimum atomic E-state index is -0.613. The maximum atomic E-state index is 12.0. The second-order valence-corrected chi connectivity index (χ2v) is 6.90. The van der Waals surface area contributed by atoms with Crippen molar-refractivity contribution in [1.82, 2.24) is 4.90 Å². The van der Waals surface area contributed by atoms with Crippen LogP contribution in [0, 0.1) is 11.8 Å². The summed E-state index contributed by atoms with van der Waals surface area (Å²) in [7, 11) is 0. The molecule has 0 bridgehead atoms. The van der Waals surface area contributed by atoms with Crippen LogP contribution < -0.4 is 0 Å². The molecule has 2 atom stereocenters. The van der Waals surface area contributed by atoms with Crippen molar-refractivity contribution >= 4 is 11.9 Å². The van der Waals surface area contributed by atoms with E-state index in [0.29, 0.717) is 32.4 Å². The van der Waals surface area contributed by atoms with Crippen molar-refractivity contribution in [2.75, 3.05) is 13.1 Å². The fraction of sp³-hybridized carbons (Fsp3) is 0.875. The molecule has 122 valence electrons. The number of likely N-dealkylation sites (tertiary alicyclic amines) is 1. The van der Waals surface area contributed by atoms with Crippen LogP contribution in [0.4, 0.5) is 4.79 Å². The summed E-state index contributed by atoms with van der Waals surface area (Å²) in [6.07, 6.45) is 0.963. The smallest absolute Gasteiger partial charge is 0.410 e. The number of ketones is 1. The highest BCUT2D eigenvalue weighted by Crippen LogP contribution is 2.26. The third kappa shape index (κ3) is 5.30. The Kier molecular flexibility index (Phi) is 6.20. The molecule has 5 heteroatoms. The Morgan fingerprint density at radius 3 is 2.24 bits per heavy atom. The van der Waals surface area contributed by atoms with Gasteiger partial charge in [-0.25, -0.2) is 4.79 Å². The fourth-order valence-corrected chi connectivity index (χ4v) is 2.67. The molecule has 0 aromatic heterocycles. The number of aliphatic hydroxyl groups excluding tert-OH is 1. The summed E-state index contributed by atoms with van der Waals surface area (Å²) in [4.78, 5) is 25.3. The van der Waals surface area contributed by atoms with Gasteiger partial charge in [0, 0.05) is 25.4 Å². The number of nitrogens with zero attached hydrogens (tertiary/aromatic N) is 1. The van der Waals surface area contributed by atoms with Crippen LogP contribution in [-0.4, -0.2) is 46.7 Å². The monoisotopic (exact) mass is 299 g/mol. The SMILES string of the molecule is CCC(=O)[C@H](C)[C@H](O)C1CCN(C(=O)OC(C)(C)C)CC1. The van der Waals surface area contributed by atoms with E-state index in [-0.39, 0.29) is 23.7 Å². The molecule has 1 rings (SSSR count). The summed E-state index contributed by atoms with van der Waals surface area (Å²) in [5, 5.41) is 10.3.